The van der Waals surface area contributed by atoms with Crippen LogP contribution in [0.2, 0.25) is 0 Å². The van der Waals surface area contributed by atoms with Crippen molar-refractivity contribution in [2.75, 3.05) is 16.8 Å². The van der Waals surface area contributed by atoms with Crippen LogP contribution in [0.5, 0.6) is 0 Å². The number of aryl methyl sites for hydroxylation is 1. The molecule has 2 aromatic rings. The average Bonchev–Trinajstić information content (AvgIpc) is 3.50. The van der Waals surface area contributed by atoms with Crippen LogP contribution in [-0.2, 0) is 14.3 Å². The number of anilines is 2. The van der Waals surface area contributed by atoms with Crippen LogP contribution >= 0.6 is 11.3 Å². The van der Waals surface area contributed by atoms with Crippen LogP contribution in [0.3, 0.4) is 0 Å². The molecule has 1 saturated carbocycles. The van der Waals surface area contributed by atoms with Gasteiger partial charge in [-0.1, -0.05) is 18.2 Å². The zero-order valence-electron chi connectivity index (χ0n) is 17.2. The van der Waals surface area contributed by atoms with E-state index in [0.717, 1.165) is 29.0 Å². The zero-order chi connectivity index (χ0) is 21.1. The highest BCUT2D eigenvalue weighted by Crippen LogP contribution is 2.36. The number of esters is 1. The molecule has 0 saturated heterocycles. The molecular formula is C22H26N2O4S. The first-order chi connectivity index (χ1) is 13.8. The first-order valence-corrected chi connectivity index (χ1v) is 10.6. The maximum Gasteiger partial charge on any atom is 0.342 e. The summed E-state index contributed by atoms with van der Waals surface area (Å²) in [6, 6.07) is 9.27. The average molecular weight is 415 g/mol. The van der Waals surface area contributed by atoms with Crippen molar-refractivity contribution >= 4 is 39.8 Å². The number of carbonyl (C=O) groups is 3. The third kappa shape index (κ3) is 4.67. The molecule has 3 rings (SSSR count). The largest absolute Gasteiger partial charge is 0.449 e. The molecule has 1 fully saturated rings. The highest BCUT2D eigenvalue weighted by atomic mass is 32.1. The van der Waals surface area contributed by atoms with Gasteiger partial charge in [0.05, 0.1) is 5.56 Å². The number of nitrogens with zero attached hydrogens (tertiary/aromatic N) is 1. The van der Waals surface area contributed by atoms with Crippen molar-refractivity contribution in [1.29, 1.82) is 0 Å². The van der Waals surface area contributed by atoms with Crippen molar-refractivity contribution in [3.8, 4) is 0 Å². The molecule has 1 aromatic carbocycles. The van der Waals surface area contributed by atoms with E-state index in [1.807, 2.05) is 51.1 Å². The Morgan fingerprint density at radius 3 is 2.45 bits per heavy atom. The molecule has 6 nitrogen and oxygen atoms in total. The number of amides is 2. The predicted octanol–water partition coefficient (Wildman–Crippen LogP) is 4.31. The molecular weight excluding hydrogens is 388 g/mol. The summed E-state index contributed by atoms with van der Waals surface area (Å²) in [6.07, 6.45) is 0.814. The van der Waals surface area contributed by atoms with Gasteiger partial charge >= 0.3 is 5.97 Å². The van der Waals surface area contributed by atoms with E-state index >= 15 is 0 Å². The van der Waals surface area contributed by atoms with Gasteiger partial charge in [-0.25, -0.2) is 4.79 Å². The lowest BCUT2D eigenvalue weighted by molar-refractivity contribution is -0.126. The molecule has 0 aliphatic heterocycles. The van der Waals surface area contributed by atoms with Crippen LogP contribution in [0.25, 0.3) is 0 Å². The fourth-order valence-corrected chi connectivity index (χ4v) is 4.13. The monoisotopic (exact) mass is 414 g/mol. The number of benzene rings is 1. The molecule has 0 bridgehead atoms. The molecule has 1 atom stereocenters. The van der Waals surface area contributed by atoms with Crippen molar-refractivity contribution in [3.63, 3.8) is 0 Å². The number of nitrogens with one attached hydrogen (secondary N) is 1. The Labute approximate surface area is 174 Å². The normalized spacial score (nSPS) is 14.2. The lowest BCUT2D eigenvalue weighted by atomic mass is 10.1. The quantitative estimate of drug-likeness (QED) is 0.685. The number of rotatable bonds is 7. The highest BCUT2D eigenvalue weighted by Gasteiger charge is 2.32. The minimum atomic E-state index is -0.950. The van der Waals surface area contributed by atoms with Crippen molar-refractivity contribution in [2.45, 2.75) is 46.6 Å². The molecule has 7 heteroatoms. The van der Waals surface area contributed by atoms with Gasteiger partial charge in [-0.05, 0) is 58.2 Å². The van der Waals surface area contributed by atoms with E-state index in [1.54, 1.807) is 11.8 Å². The van der Waals surface area contributed by atoms with E-state index in [2.05, 4.69) is 5.32 Å². The van der Waals surface area contributed by atoms with Gasteiger partial charge < -0.3 is 15.0 Å². The first kappa shape index (κ1) is 21.0. The molecule has 2 amide bonds. The van der Waals surface area contributed by atoms with Gasteiger partial charge in [0, 0.05) is 23.0 Å². The Hall–Kier alpha value is -2.67. The Kier molecular flexibility index (Phi) is 6.37. The number of carbonyl (C=O) groups excluding carboxylic acids is 3. The number of thiophene rings is 1. The van der Waals surface area contributed by atoms with Crippen LogP contribution < -0.4 is 10.2 Å². The first-order valence-electron chi connectivity index (χ1n) is 9.81. The van der Waals surface area contributed by atoms with Gasteiger partial charge in [0.25, 0.3) is 5.91 Å². The minimum Gasteiger partial charge on any atom is -0.449 e. The molecule has 1 N–H and O–H groups in total. The standard InChI is InChI=1S/C22H26N2O4S/c1-5-24(17-9-7-6-8-10-17)21(26)14(3)28-22(27)18-13(2)15(4)29-20(18)23-19(25)16-11-12-16/h6-10,14,16H,5,11-12H2,1-4H3,(H,23,25)/t14-/m0/s1. The Balaban J connectivity index is 1.75. The molecule has 154 valence electrons. The van der Waals surface area contributed by atoms with Gasteiger partial charge in [0.1, 0.15) is 5.00 Å². The second kappa shape index (κ2) is 8.78. The van der Waals surface area contributed by atoms with E-state index in [9.17, 15) is 14.4 Å². The highest BCUT2D eigenvalue weighted by molar-refractivity contribution is 7.16. The Bertz CT molecular complexity index is 918. The minimum absolute atomic E-state index is 0.0334. The van der Waals surface area contributed by atoms with Crippen LogP contribution in [0.15, 0.2) is 30.3 Å². The third-order valence-corrected chi connectivity index (χ3v) is 6.18. The second-order valence-corrected chi connectivity index (χ2v) is 8.44. The summed E-state index contributed by atoms with van der Waals surface area (Å²) in [5, 5.41) is 3.36. The van der Waals surface area contributed by atoms with Crippen molar-refractivity contribution < 1.29 is 19.1 Å². The van der Waals surface area contributed by atoms with Gasteiger partial charge in [0.15, 0.2) is 6.10 Å². The summed E-state index contributed by atoms with van der Waals surface area (Å²) in [5.41, 5.74) is 1.85. The molecule has 1 aromatic heterocycles. The number of hydrogen-bond donors (Lipinski definition) is 1. The lowest BCUT2D eigenvalue weighted by Gasteiger charge is -2.24. The van der Waals surface area contributed by atoms with E-state index < -0.39 is 12.1 Å². The van der Waals surface area contributed by atoms with Crippen LogP contribution in [0.4, 0.5) is 10.7 Å². The van der Waals surface area contributed by atoms with Gasteiger partial charge in [-0.2, -0.15) is 0 Å². The van der Waals surface area contributed by atoms with E-state index in [1.165, 1.54) is 11.3 Å². The zero-order valence-corrected chi connectivity index (χ0v) is 18.0. The molecule has 0 spiro atoms. The Morgan fingerprint density at radius 1 is 1.21 bits per heavy atom. The smallest absolute Gasteiger partial charge is 0.342 e. The fourth-order valence-electron chi connectivity index (χ4n) is 3.08. The van der Waals surface area contributed by atoms with Crippen LogP contribution in [-0.4, -0.2) is 30.4 Å². The SMILES string of the molecule is CCN(C(=O)[C@H](C)OC(=O)c1c(NC(=O)C2CC2)sc(C)c1C)c1ccccc1. The molecule has 29 heavy (non-hydrogen) atoms. The second-order valence-electron chi connectivity index (χ2n) is 7.22. The topological polar surface area (TPSA) is 75.7 Å². The van der Waals surface area contributed by atoms with E-state index in [0.29, 0.717) is 17.1 Å². The fraction of sp³-hybridized carbons (Fsp3) is 0.409. The number of hydrogen-bond acceptors (Lipinski definition) is 5. The summed E-state index contributed by atoms with van der Waals surface area (Å²) in [6.45, 7) is 7.63. The third-order valence-electron chi connectivity index (χ3n) is 5.06. The van der Waals surface area contributed by atoms with Gasteiger partial charge in [-0.3, -0.25) is 9.59 Å². The molecule has 0 radical (unpaired) electrons. The summed E-state index contributed by atoms with van der Waals surface area (Å²) in [5.74, 6) is -0.917. The van der Waals surface area contributed by atoms with Gasteiger partial charge in [0.2, 0.25) is 5.91 Å². The molecule has 0 unspecified atom stereocenters. The predicted molar refractivity (Wildman–Crippen MR) is 114 cm³/mol. The van der Waals surface area contributed by atoms with E-state index in [-0.39, 0.29) is 17.7 Å². The van der Waals surface area contributed by atoms with Crippen LogP contribution in [0.1, 0.15) is 47.5 Å². The van der Waals surface area contributed by atoms with Crippen molar-refractivity contribution in [3.05, 3.63) is 46.3 Å². The maximum absolute atomic E-state index is 12.9. The summed E-state index contributed by atoms with van der Waals surface area (Å²) in [7, 11) is 0. The van der Waals surface area contributed by atoms with Crippen molar-refractivity contribution in [1.82, 2.24) is 0 Å². The molecule has 1 aliphatic rings. The molecule has 1 aliphatic carbocycles. The molecule has 1 heterocycles. The summed E-state index contributed by atoms with van der Waals surface area (Å²) in [4.78, 5) is 40.4. The summed E-state index contributed by atoms with van der Waals surface area (Å²) >= 11 is 1.36. The Morgan fingerprint density at radius 2 is 1.86 bits per heavy atom. The maximum atomic E-state index is 12.9. The summed E-state index contributed by atoms with van der Waals surface area (Å²) < 4.78 is 5.52. The number of likely N-dealkylation sites (N-methyl/N-ethyl adjacent to an activating group) is 1. The number of ether oxygens (including phenoxy) is 1. The van der Waals surface area contributed by atoms with Gasteiger partial charge in [-0.15, -0.1) is 11.3 Å². The number of para-hydroxylation sites is 1. The van der Waals surface area contributed by atoms with E-state index in [4.69, 9.17) is 4.74 Å². The van der Waals surface area contributed by atoms with Crippen molar-refractivity contribution in [2.24, 2.45) is 5.92 Å². The van der Waals surface area contributed by atoms with Crippen LogP contribution in [0, 0.1) is 19.8 Å². The lowest BCUT2D eigenvalue weighted by Crippen LogP contribution is -2.40.